The molecule has 3 rings (SSSR count). The van der Waals surface area contributed by atoms with E-state index in [1.807, 2.05) is 42.5 Å². The number of carbonyl (C=O) groups is 1. The Morgan fingerprint density at radius 1 is 1.10 bits per heavy atom. The number of nitrogens with zero attached hydrogens (tertiary/aromatic N) is 3. The van der Waals surface area contributed by atoms with Crippen LogP contribution in [0.2, 0.25) is 0 Å². The zero-order valence-corrected chi connectivity index (χ0v) is 11.9. The quantitative estimate of drug-likeness (QED) is 0.803. The van der Waals surface area contributed by atoms with Crippen molar-refractivity contribution in [2.45, 2.75) is 6.54 Å². The molecular weight excluding hydrogens is 284 g/mol. The minimum Gasteiger partial charge on any atom is -0.347 e. The third-order valence-electron chi connectivity index (χ3n) is 2.94. The fourth-order valence-electron chi connectivity index (χ4n) is 1.88. The number of aromatic nitrogens is 3. The minimum absolute atomic E-state index is 0.223. The molecule has 2 aromatic heterocycles. The topological polar surface area (TPSA) is 67.8 Å². The number of hydrogen-bond acceptors (Lipinski definition) is 5. The number of rotatable bonds is 4. The Balaban J connectivity index is 1.76. The molecule has 0 atom stereocenters. The summed E-state index contributed by atoms with van der Waals surface area (Å²) in [6.07, 6.45) is 3.39. The van der Waals surface area contributed by atoms with Gasteiger partial charge in [-0.3, -0.25) is 9.78 Å². The van der Waals surface area contributed by atoms with E-state index in [1.54, 1.807) is 12.4 Å². The Morgan fingerprint density at radius 2 is 1.86 bits per heavy atom. The predicted molar refractivity (Wildman–Crippen MR) is 80.8 cm³/mol. The molecule has 0 aliphatic carbocycles. The Hall–Kier alpha value is -2.60. The van der Waals surface area contributed by atoms with Gasteiger partial charge in [-0.05, 0) is 34.8 Å². The molecule has 1 aromatic carbocycles. The second kappa shape index (κ2) is 6.23. The van der Waals surface area contributed by atoms with E-state index in [9.17, 15) is 4.79 Å². The van der Waals surface area contributed by atoms with Gasteiger partial charge in [0.05, 0.1) is 4.88 Å². The Kier molecular flexibility index (Phi) is 3.97. The van der Waals surface area contributed by atoms with E-state index in [-0.39, 0.29) is 5.91 Å². The van der Waals surface area contributed by atoms with Gasteiger partial charge in [-0.25, -0.2) is 0 Å². The summed E-state index contributed by atoms with van der Waals surface area (Å²) < 4.78 is 3.90. The van der Waals surface area contributed by atoms with Crippen molar-refractivity contribution >= 4 is 17.4 Å². The minimum atomic E-state index is -0.223. The molecular formula is C15H12N4OS. The fourth-order valence-corrected chi connectivity index (χ4v) is 2.55. The molecule has 0 unspecified atom stereocenters. The van der Waals surface area contributed by atoms with Gasteiger partial charge in [-0.2, -0.15) is 0 Å². The normalized spacial score (nSPS) is 10.3. The van der Waals surface area contributed by atoms with Gasteiger partial charge in [-0.1, -0.05) is 34.8 Å². The van der Waals surface area contributed by atoms with E-state index in [1.165, 1.54) is 11.5 Å². The Labute approximate surface area is 125 Å². The SMILES string of the molecule is O=C(NCc1ccncc1)c1nnsc1-c1ccccc1. The summed E-state index contributed by atoms with van der Waals surface area (Å²) in [5.74, 6) is -0.223. The van der Waals surface area contributed by atoms with Gasteiger partial charge in [0.1, 0.15) is 0 Å². The standard InChI is InChI=1S/C15H12N4OS/c20-15(17-10-11-6-8-16-9-7-11)13-14(21-19-18-13)12-4-2-1-3-5-12/h1-9H,10H2,(H,17,20). The van der Waals surface area contributed by atoms with E-state index in [2.05, 4.69) is 19.9 Å². The van der Waals surface area contributed by atoms with Crippen LogP contribution in [0.4, 0.5) is 0 Å². The molecule has 1 N–H and O–H groups in total. The lowest BCUT2D eigenvalue weighted by Gasteiger charge is -2.04. The number of amides is 1. The summed E-state index contributed by atoms with van der Waals surface area (Å²) in [5, 5.41) is 6.80. The van der Waals surface area contributed by atoms with Crippen LogP contribution in [0.1, 0.15) is 16.1 Å². The van der Waals surface area contributed by atoms with Crippen LogP contribution in [0.15, 0.2) is 54.9 Å². The number of nitrogens with one attached hydrogen (secondary N) is 1. The average molecular weight is 296 g/mol. The van der Waals surface area contributed by atoms with E-state index in [4.69, 9.17) is 0 Å². The lowest BCUT2D eigenvalue weighted by molar-refractivity contribution is 0.0946. The molecule has 104 valence electrons. The van der Waals surface area contributed by atoms with Crippen LogP contribution < -0.4 is 5.32 Å². The van der Waals surface area contributed by atoms with E-state index >= 15 is 0 Å². The highest BCUT2D eigenvalue weighted by atomic mass is 32.1. The highest BCUT2D eigenvalue weighted by Gasteiger charge is 2.17. The molecule has 0 saturated carbocycles. The van der Waals surface area contributed by atoms with E-state index < -0.39 is 0 Å². The molecule has 3 aromatic rings. The highest BCUT2D eigenvalue weighted by Crippen LogP contribution is 2.25. The first-order chi connectivity index (χ1) is 10.3. The zero-order valence-electron chi connectivity index (χ0n) is 11.1. The van der Waals surface area contributed by atoms with Gasteiger partial charge >= 0.3 is 0 Å². The van der Waals surface area contributed by atoms with Crippen LogP contribution >= 0.6 is 11.5 Å². The summed E-state index contributed by atoms with van der Waals surface area (Å²) in [5.41, 5.74) is 2.30. The molecule has 0 bridgehead atoms. The van der Waals surface area contributed by atoms with Gasteiger partial charge in [0.15, 0.2) is 5.69 Å². The van der Waals surface area contributed by atoms with Crippen molar-refractivity contribution in [1.29, 1.82) is 0 Å². The third-order valence-corrected chi connectivity index (χ3v) is 3.72. The lowest BCUT2D eigenvalue weighted by atomic mass is 10.1. The predicted octanol–water partition coefficient (Wildman–Crippen LogP) is 2.53. The summed E-state index contributed by atoms with van der Waals surface area (Å²) in [6.45, 7) is 0.438. The summed E-state index contributed by atoms with van der Waals surface area (Å²) in [7, 11) is 0. The first-order valence-corrected chi connectivity index (χ1v) is 7.17. The Bertz CT molecular complexity index is 728. The maximum Gasteiger partial charge on any atom is 0.273 e. The molecule has 0 aliphatic heterocycles. The maximum absolute atomic E-state index is 12.3. The van der Waals surface area contributed by atoms with Crippen LogP contribution in [-0.4, -0.2) is 20.5 Å². The molecule has 0 spiro atoms. The largest absolute Gasteiger partial charge is 0.347 e. The number of hydrogen-bond donors (Lipinski definition) is 1. The van der Waals surface area contributed by atoms with Crippen molar-refractivity contribution in [3.05, 3.63) is 66.1 Å². The molecule has 2 heterocycles. The average Bonchev–Trinajstić information content (AvgIpc) is 3.04. The van der Waals surface area contributed by atoms with Gasteiger partial charge < -0.3 is 5.32 Å². The van der Waals surface area contributed by atoms with Crippen molar-refractivity contribution < 1.29 is 4.79 Å². The van der Waals surface area contributed by atoms with Crippen molar-refractivity contribution in [1.82, 2.24) is 19.9 Å². The van der Waals surface area contributed by atoms with Crippen molar-refractivity contribution in [2.24, 2.45) is 0 Å². The molecule has 6 heteroatoms. The van der Waals surface area contributed by atoms with Crippen molar-refractivity contribution in [3.63, 3.8) is 0 Å². The van der Waals surface area contributed by atoms with Crippen LogP contribution in [0, 0.1) is 0 Å². The lowest BCUT2D eigenvalue weighted by Crippen LogP contribution is -2.23. The van der Waals surface area contributed by atoms with Gasteiger partial charge in [-0.15, -0.1) is 5.10 Å². The van der Waals surface area contributed by atoms with Crippen LogP contribution in [0.25, 0.3) is 10.4 Å². The molecule has 21 heavy (non-hydrogen) atoms. The molecule has 0 fully saturated rings. The highest BCUT2D eigenvalue weighted by molar-refractivity contribution is 7.09. The summed E-state index contributed by atoms with van der Waals surface area (Å²) >= 11 is 1.22. The smallest absolute Gasteiger partial charge is 0.273 e. The maximum atomic E-state index is 12.3. The van der Waals surface area contributed by atoms with Crippen LogP contribution in [0.3, 0.4) is 0 Å². The monoisotopic (exact) mass is 296 g/mol. The summed E-state index contributed by atoms with van der Waals surface area (Å²) in [6, 6.07) is 13.4. The number of benzene rings is 1. The van der Waals surface area contributed by atoms with E-state index in [0.717, 1.165) is 16.0 Å². The second-order valence-electron chi connectivity index (χ2n) is 4.35. The molecule has 5 nitrogen and oxygen atoms in total. The first kappa shape index (κ1) is 13.4. The Morgan fingerprint density at radius 3 is 2.62 bits per heavy atom. The first-order valence-electron chi connectivity index (χ1n) is 6.39. The number of pyridine rings is 1. The van der Waals surface area contributed by atoms with Crippen molar-refractivity contribution in [2.75, 3.05) is 0 Å². The summed E-state index contributed by atoms with van der Waals surface area (Å²) in [4.78, 5) is 17.0. The molecule has 0 saturated heterocycles. The molecule has 1 amide bonds. The van der Waals surface area contributed by atoms with Crippen LogP contribution in [0.5, 0.6) is 0 Å². The van der Waals surface area contributed by atoms with Crippen LogP contribution in [-0.2, 0) is 6.54 Å². The van der Waals surface area contributed by atoms with E-state index in [0.29, 0.717) is 12.2 Å². The fraction of sp³-hybridized carbons (Fsp3) is 0.0667. The molecule has 0 aliphatic rings. The number of carbonyl (C=O) groups excluding carboxylic acids is 1. The van der Waals surface area contributed by atoms with Gasteiger partial charge in [0, 0.05) is 18.9 Å². The van der Waals surface area contributed by atoms with Crippen molar-refractivity contribution in [3.8, 4) is 10.4 Å². The second-order valence-corrected chi connectivity index (χ2v) is 5.11. The zero-order chi connectivity index (χ0) is 14.5. The van der Waals surface area contributed by atoms with Gasteiger partial charge in [0.25, 0.3) is 5.91 Å². The molecule has 0 radical (unpaired) electrons. The third kappa shape index (κ3) is 3.11. The van der Waals surface area contributed by atoms with Gasteiger partial charge in [0.2, 0.25) is 0 Å².